The van der Waals surface area contributed by atoms with Gasteiger partial charge in [-0.3, -0.25) is 14.5 Å². The van der Waals surface area contributed by atoms with Gasteiger partial charge in [0.05, 0.1) is 17.3 Å². The average Bonchev–Trinajstić information content (AvgIpc) is 3.47. The molecule has 5 heterocycles. The summed E-state index contributed by atoms with van der Waals surface area (Å²) in [5.74, 6) is 2.39. The average molecular weight is 361 g/mol. The van der Waals surface area contributed by atoms with Gasteiger partial charge in [0.1, 0.15) is 31.8 Å². The van der Waals surface area contributed by atoms with E-state index >= 15 is 0 Å². The number of hydrogen-bond acceptors (Lipinski definition) is 8. The first-order chi connectivity index (χ1) is 13.4. The van der Waals surface area contributed by atoms with Gasteiger partial charge in [-0.25, -0.2) is 14.7 Å². The third-order valence-corrected chi connectivity index (χ3v) is 4.83. The number of guanidine groups is 1. The molecule has 2 aliphatic rings. The van der Waals surface area contributed by atoms with Crippen molar-refractivity contribution in [1.82, 2.24) is 29.7 Å². The quantitative estimate of drug-likeness (QED) is 0.571. The number of aliphatic imine (C=N–C) groups is 1. The van der Waals surface area contributed by atoms with Gasteiger partial charge < -0.3 is 9.73 Å². The highest BCUT2D eigenvalue weighted by Gasteiger charge is 2.36. The van der Waals surface area contributed by atoms with Crippen molar-refractivity contribution in [2.24, 2.45) is 4.99 Å². The fourth-order valence-electron chi connectivity index (χ4n) is 3.59. The number of fused-ring (bicyclic) bond motifs is 5. The minimum atomic E-state index is -0.209. The molecule has 1 N–H and O–H groups in total. The molecule has 4 aromatic rings. The zero-order chi connectivity index (χ0) is 17.8. The molecule has 134 valence electrons. The van der Waals surface area contributed by atoms with Gasteiger partial charge in [0.2, 0.25) is 11.9 Å². The monoisotopic (exact) mass is 361 g/mol. The van der Waals surface area contributed by atoms with Gasteiger partial charge in [0.25, 0.3) is 0 Å². The fourth-order valence-corrected chi connectivity index (χ4v) is 3.59. The number of anilines is 1. The second-order valence-electron chi connectivity index (χ2n) is 6.37. The molecule has 0 amide bonds. The van der Waals surface area contributed by atoms with Crippen LogP contribution in [0.1, 0.15) is 11.9 Å². The maximum absolute atomic E-state index is 5.69. The van der Waals surface area contributed by atoms with Crippen molar-refractivity contribution >= 4 is 22.9 Å². The van der Waals surface area contributed by atoms with Crippen LogP contribution in [0.5, 0.6) is 0 Å². The van der Waals surface area contributed by atoms with Crippen LogP contribution >= 0.6 is 0 Å². The number of hydrogen-bond donors (Lipinski definition) is 1. The molecule has 0 fully saturated rings. The van der Waals surface area contributed by atoms with Crippen molar-refractivity contribution in [3.05, 3.63) is 61.1 Å². The SMILES string of the molecule is c1coc([C@H]2NC3=NCN(n4cnnc4)CN3c3nc4ccccc4n32)c1. The van der Waals surface area contributed by atoms with Gasteiger partial charge in [0.15, 0.2) is 6.17 Å². The van der Waals surface area contributed by atoms with E-state index in [0.717, 1.165) is 28.7 Å². The van der Waals surface area contributed by atoms with Gasteiger partial charge in [-0.15, -0.1) is 10.2 Å². The largest absolute Gasteiger partial charge is 0.465 e. The Kier molecular flexibility index (Phi) is 2.84. The molecule has 0 spiro atoms. The lowest BCUT2D eigenvalue weighted by atomic mass is 10.2. The lowest BCUT2D eigenvalue weighted by molar-refractivity contribution is 0.401. The van der Waals surface area contributed by atoms with Crippen LogP contribution < -0.4 is 15.2 Å². The molecule has 0 saturated carbocycles. The summed E-state index contributed by atoms with van der Waals surface area (Å²) in [6.07, 6.45) is 4.79. The normalized spacial score (nSPS) is 18.8. The van der Waals surface area contributed by atoms with E-state index < -0.39 is 0 Å². The highest BCUT2D eigenvalue weighted by Crippen LogP contribution is 2.33. The lowest BCUT2D eigenvalue weighted by Crippen LogP contribution is -2.59. The molecule has 1 atom stereocenters. The van der Waals surface area contributed by atoms with E-state index in [-0.39, 0.29) is 6.17 Å². The zero-order valence-electron chi connectivity index (χ0n) is 14.2. The van der Waals surface area contributed by atoms with Crippen LogP contribution in [0, 0.1) is 0 Å². The van der Waals surface area contributed by atoms with Crippen molar-refractivity contribution in [3.8, 4) is 0 Å². The van der Waals surface area contributed by atoms with Crippen LogP contribution in [0.25, 0.3) is 11.0 Å². The van der Waals surface area contributed by atoms with Crippen molar-refractivity contribution in [3.63, 3.8) is 0 Å². The highest BCUT2D eigenvalue weighted by atomic mass is 16.3. The second kappa shape index (κ2) is 5.34. The van der Waals surface area contributed by atoms with Crippen molar-refractivity contribution < 1.29 is 4.42 Å². The number of furan rings is 1. The van der Waals surface area contributed by atoms with Crippen molar-refractivity contribution in [1.29, 1.82) is 0 Å². The minimum Gasteiger partial charge on any atom is -0.465 e. The standard InChI is InChI=1S/C17H15N9O/c1-2-5-13-12(4-1)21-17-25-11-24(23-9-19-20-10-23)8-18-16(25)22-15(26(13)17)14-6-3-7-27-14/h1-7,9-10,15H,8,11H2,(H,18,22)/t15-/m0/s1. The van der Waals surface area contributed by atoms with Gasteiger partial charge in [0, 0.05) is 0 Å². The molecule has 1 aromatic carbocycles. The summed E-state index contributed by atoms with van der Waals surface area (Å²) < 4.78 is 9.66. The summed E-state index contributed by atoms with van der Waals surface area (Å²) in [4.78, 5) is 11.6. The summed E-state index contributed by atoms with van der Waals surface area (Å²) in [5, 5.41) is 13.3. The van der Waals surface area contributed by atoms with E-state index in [1.54, 1.807) is 18.9 Å². The van der Waals surface area contributed by atoms with E-state index in [1.165, 1.54) is 0 Å². The van der Waals surface area contributed by atoms with Gasteiger partial charge in [-0.05, 0) is 24.3 Å². The molecule has 0 aliphatic carbocycles. The first-order valence-corrected chi connectivity index (χ1v) is 8.57. The van der Waals surface area contributed by atoms with Crippen molar-refractivity contribution in [2.45, 2.75) is 6.17 Å². The third-order valence-electron chi connectivity index (χ3n) is 4.83. The molecule has 2 aliphatic heterocycles. The number of aromatic nitrogens is 5. The molecular weight excluding hydrogens is 346 g/mol. The predicted molar refractivity (Wildman–Crippen MR) is 97.6 cm³/mol. The number of nitrogens with one attached hydrogen (secondary N) is 1. The summed E-state index contributed by atoms with van der Waals surface area (Å²) in [7, 11) is 0. The van der Waals surface area contributed by atoms with E-state index in [2.05, 4.69) is 26.1 Å². The second-order valence-corrected chi connectivity index (χ2v) is 6.37. The Labute approximate surface area is 153 Å². The molecule has 0 radical (unpaired) electrons. The molecule has 10 heteroatoms. The highest BCUT2D eigenvalue weighted by molar-refractivity contribution is 5.99. The number of benzene rings is 1. The van der Waals surface area contributed by atoms with E-state index in [0.29, 0.717) is 13.3 Å². The van der Waals surface area contributed by atoms with Gasteiger partial charge in [-0.1, -0.05) is 12.1 Å². The van der Waals surface area contributed by atoms with E-state index in [1.807, 2.05) is 44.9 Å². The molecular formula is C17H15N9O. The van der Waals surface area contributed by atoms with Crippen LogP contribution in [0.3, 0.4) is 0 Å². The van der Waals surface area contributed by atoms with Crippen molar-refractivity contribution in [2.75, 3.05) is 23.2 Å². The van der Waals surface area contributed by atoms with E-state index in [4.69, 9.17) is 14.4 Å². The number of imidazole rings is 1. The van der Waals surface area contributed by atoms with Gasteiger partial charge in [-0.2, -0.15) is 0 Å². The van der Waals surface area contributed by atoms with Crippen LogP contribution in [0.15, 0.2) is 64.7 Å². The zero-order valence-corrected chi connectivity index (χ0v) is 14.2. The summed E-state index contributed by atoms with van der Waals surface area (Å²) >= 11 is 0. The number of para-hydroxylation sites is 2. The third kappa shape index (κ3) is 2.06. The smallest absolute Gasteiger partial charge is 0.217 e. The Hall–Kier alpha value is -3.82. The van der Waals surface area contributed by atoms with E-state index in [9.17, 15) is 0 Å². The molecule has 3 aromatic heterocycles. The Morgan fingerprint density at radius 3 is 2.81 bits per heavy atom. The Morgan fingerprint density at radius 2 is 1.96 bits per heavy atom. The first-order valence-electron chi connectivity index (χ1n) is 8.57. The van der Waals surface area contributed by atoms with Gasteiger partial charge >= 0.3 is 0 Å². The predicted octanol–water partition coefficient (Wildman–Crippen LogP) is 1.10. The molecule has 10 nitrogen and oxygen atoms in total. The maximum Gasteiger partial charge on any atom is 0.217 e. The lowest BCUT2D eigenvalue weighted by Gasteiger charge is -2.41. The number of nitrogens with zero attached hydrogens (tertiary/aromatic N) is 8. The molecule has 0 bridgehead atoms. The molecule has 6 rings (SSSR count). The topological polar surface area (TPSA) is 92.5 Å². The molecule has 27 heavy (non-hydrogen) atoms. The Bertz CT molecular complexity index is 1130. The Morgan fingerprint density at radius 1 is 1.07 bits per heavy atom. The Balaban J connectivity index is 1.52. The first kappa shape index (κ1) is 14.4. The minimum absolute atomic E-state index is 0.209. The molecule has 0 saturated heterocycles. The molecule has 0 unspecified atom stereocenters. The maximum atomic E-state index is 5.69. The van der Waals surface area contributed by atoms with Crippen LogP contribution in [0.4, 0.5) is 5.95 Å². The summed E-state index contributed by atoms with van der Waals surface area (Å²) in [5.41, 5.74) is 1.95. The number of rotatable bonds is 2. The fraction of sp³-hybridized carbons (Fsp3) is 0.176. The van der Waals surface area contributed by atoms with Crippen LogP contribution in [-0.4, -0.2) is 43.7 Å². The summed E-state index contributed by atoms with van der Waals surface area (Å²) in [6, 6.07) is 11.9. The van der Waals surface area contributed by atoms with Crippen LogP contribution in [-0.2, 0) is 0 Å². The van der Waals surface area contributed by atoms with Crippen LogP contribution in [0.2, 0.25) is 0 Å². The summed E-state index contributed by atoms with van der Waals surface area (Å²) in [6.45, 7) is 1.06.